The number of carbonyl (C=O) groups excluding carboxylic acids is 1. The molecule has 2 aromatic rings. The van der Waals surface area contributed by atoms with E-state index in [1.807, 2.05) is 31.2 Å². The van der Waals surface area contributed by atoms with Crippen LogP contribution in [0.5, 0.6) is 0 Å². The van der Waals surface area contributed by atoms with E-state index in [0.717, 1.165) is 36.8 Å². The van der Waals surface area contributed by atoms with Crippen molar-refractivity contribution in [1.29, 1.82) is 0 Å². The first-order valence-corrected chi connectivity index (χ1v) is 9.52. The third-order valence-electron chi connectivity index (χ3n) is 4.21. The van der Waals surface area contributed by atoms with Crippen molar-refractivity contribution in [1.82, 2.24) is 0 Å². The second kappa shape index (κ2) is 5.85. The van der Waals surface area contributed by atoms with Crippen molar-refractivity contribution in [3.63, 3.8) is 0 Å². The van der Waals surface area contributed by atoms with Gasteiger partial charge in [-0.3, -0.25) is 4.79 Å². The number of hydrogen-bond donors (Lipinski definition) is 0. The number of benzene rings is 1. The van der Waals surface area contributed by atoms with Gasteiger partial charge in [-0.25, -0.2) is 8.42 Å². The van der Waals surface area contributed by atoms with Gasteiger partial charge in [-0.2, -0.15) is 0 Å². The number of amides is 1. The summed E-state index contributed by atoms with van der Waals surface area (Å²) in [6.07, 6.45) is 3.72. The normalized spacial score (nSPS) is 17.8. The summed E-state index contributed by atoms with van der Waals surface area (Å²) in [5.41, 5.74) is 2.01. The van der Waals surface area contributed by atoms with Gasteiger partial charge in [0.05, 0.1) is 0 Å². The van der Waals surface area contributed by atoms with E-state index in [2.05, 4.69) is 0 Å². The number of nitrogens with zero attached hydrogens (tertiary/aromatic N) is 1. The Morgan fingerprint density at radius 1 is 1.26 bits per heavy atom. The van der Waals surface area contributed by atoms with Crippen LogP contribution in [0.1, 0.15) is 35.9 Å². The number of sulfone groups is 1. The molecule has 1 aliphatic heterocycles. The lowest BCUT2D eigenvalue weighted by Gasteiger charge is -2.36. The third-order valence-corrected chi connectivity index (χ3v) is 5.16. The number of furan rings is 1. The molecule has 0 N–H and O–H groups in total. The molecule has 0 bridgehead atoms. The number of rotatable bonds is 3. The number of carbonyl (C=O) groups is 1. The summed E-state index contributed by atoms with van der Waals surface area (Å²) < 4.78 is 28.4. The summed E-state index contributed by atoms with van der Waals surface area (Å²) in [5.74, 6) is -0.237. The highest BCUT2D eigenvalue weighted by Crippen LogP contribution is 2.33. The molecule has 6 heteroatoms. The minimum atomic E-state index is -3.46. The quantitative estimate of drug-likeness (QED) is 0.866. The fourth-order valence-electron chi connectivity index (χ4n) is 3.02. The van der Waals surface area contributed by atoms with Gasteiger partial charge in [0.15, 0.2) is 5.76 Å². The van der Waals surface area contributed by atoms with Crippen molar-refractivity contribution < 1.29 is 17.6 Å². The predicted molar refractivity (Wildman–Crippen MR) is 87.5 cm³/mol. The van der Waals surface area contributed by atoms with E-state index < -0.39 is 9.84 Å². The molecule has 1 amide bonds. The minimum absolute atomic E-state index is 0.0561. The van der Waals surface area contributed by atoms with E-state index >= 15 is 0 Å². The third kappa shape index (κ3) is 2.91. The number of para-hydroxylation sites is 1. The zero-order chi connectivity index (χ0) is 16.6. The van der Waals surface area contributed by atoms with Crippen molar-refractivity contribution in [3.05, 3.63) is 47.7 Å². The summed E-state index contributed by atoms with van der Waals surface area (Å²) in [6.45, 7) is 2.04. The lowest BCUT2D eigenvalue weighted by Crippen LogP contribution is -2.43. The number of aryl methyl sites for hydroxylation is 1. The zero-order valence-electron chi connectivity index (χ0n) is 13.2. The Bertz CT molecular complexity index is 838. The van der Waals surface area contributed by atoms with Gasteiger partial charge >= 0.3 is 0 Å². The van der Waals surface area contributed by atoms with Gasteiger partial charge in [-0.05, 0) is 43.0 Å². The highest BCUT2D eigenvalue weighted by Gasteiger charge is 2.32. The van der Waals surface area contributed by atoms with Gasteiger partial charge in [0.1, 0.15) is 0 Å². The molecule has 0 saturated heterocycles. The average molecular weight is 333 g/mol. The molecule has 2 heterocycles. The molecule has 1 aliphatic rings. The lowest BCUT2D eigenvalue weighted by atomic mass is 9.94. The number of anilines is 1. The van der Waals surface area contributed by atoms with Crippen molar-refractivity contribution in [3.8, 4) is 0 Å². The Kier molecular flexibility index (Phi) is 4.02. The highest BCUT2D eigenvalue weighted by atomic mass is 32.2. The summed E-state index contributed by atoms with van der Waals surface area (Å²) in [7, 11) is -3.46. The molecule has 0 fully saturated rings. The number of hydrogen-bond acceptors (Lipinski definition) is 4. The smallest absolute Gasteiger partial charge is 0.294 e. The van der Waals surface area contributed by atoms with Gasteiger partial charge in [-0.1, -0.05) is 25.1 Å². The molecule has 3 rings (SSSR count). The van der Waals surface area contributed by atoms with Gasteiger partial charge < -0.3 is 9.32 Å². The molecule has 5 nitrogen and oxygen atoms in total. The maximum atomic E-state index is 12.9. The molecule has 1 aromatic heterocycles. The Morgan fingerprint density at radius 3 is 2.65 bits per heavy atom. The van der Waals surface area contributed by atoms with Gasteiger partial charge in [0, 0.05) is 18.0 Å². The fourth-order valence-corrected chi connectivity index (χ4v) is 3.58. The second-order valence-corrected chi connectivity index (χ2v) is 7.74. The largest absolute Gasteiger partial charge is 0.440 e. The van der Waals surface area contributed by atoms with Crippen LogP contribution in [0.4, 0.5) is 5.69 Å². The molecule has 23 heavy (non-hydrogen) atoms. The number of fused-ring (bicyclic) bond motifs is 1. The highest BCUT2D eigenvalue weighted by molar-refractivity contribution is 7.90. The standard InChI is InChI=1S/C17H19NO4S/c1-3-13-9-8-12-6-4-5-7-14(12)18(13)17(19)15-10-11-16(22-15)23(2,20)21/h4-7,10-11,13H,3,8-9H2,1-2H3/t13-/m0/s1. The van der Waals surface area contributed by atoms with E-state index in [9.17, 15) is 13.2 Å². The average Bonchev–Trinajstić information content (AvgIpc) is 3.03. The summed E-state index contributed by atoms with van der Waals surface area (Å²) in [4.78, 5) is 14.6. The zero-order valence-corrected chi connectivity index (χ0v) is 14.0. The summed E-state index contributed by atoms with van der Waals surface area (Å²) >= 11 is 0. The van der Waals surface area contributed by atoms with Gasteiger partial charge in [0.2, 0.25) is 14.9 Å². The van der Waals surface area contributed by atoms with Crippen LogP contribution < -0.4 is 4.90 Å². The molecule has 0 aliphatic carbocycles. The molecular formula is C17H19NO4S. The predicted octanol–water partition coefficient (Wildman–Crippen LogP) is 3.05. The van der Waals surface area contributed by atoms with Crippen LogP contribution in [-0.4, -0.2) is 26.6 Å². The van der Waals surface area contributed by atoms with E-state index in [0.29, 0.717) is 0 Å². The first kappa shape index (κ1) is 15.8. The molecular weight excluding hydrogens is 314 g/mol. The van der Waals surface area contributed by atoms with E-state index in [4.69, 9.17) is 4.42 Å². The van der Waals surface area contributed by atoms with Crippen LogP contribution in [0.15, 0.2) is 45.9 Å². The van der Waals surface area contributed by atoms with Crippen molar-refractivity contribution in [2.45, 2.75) is 37.3 Å². The Labute approximate surface area is 135 Å². The molecule has 0 saturated carbocycles. The minimum Gasteiger partial charge on any atom is -0.440 e. The molecule has 122 valence electrons. The van der Waals surface area contributed by atoms with Crippen LogP contribution in [-0.2, 0) is 16.3 Å². The molecule has 1 aromatic carbocycles. The Morgan fingerprint density at radius 2 is 2.00 bits per heavy atom. The fraction of sp³-hybridized carbons (Fsp3) is 0.353. The first-order chi connectivity index (χ1) is 10.9. The van der Waals surface area contributed by atoms with E-state index in [-0.39, 0.29) is 22.8 Å². The Balaban J connectivity index is 2.01. The molecule has 0 unspecified atom stereocenters. The van der Waals surface area contributed by atoms with Gasteiger partial charge in [-0.15, -0.1) is 0 Å². The van der Waals surface area contributed by atoms with Crippen LogP contribution in [0, 0.1) is 0 Å². The van der Waals surface area contributed by atoms with Crippen LogP contribution in [0.3, 0.4) is 0 Å². The molecule has 0 radical (unpaired) electrons. The Hall–Kier alpha value is -2.08. The topological polar surface area (TPSA) is 67.6 Å². The first-order valence-electron chi connectivity index (χ1n) is 7.63. The molecule has 1 atom stereocenters. The monoisotopic (exact) mass is 333 g/mol. The van der Waals surface area contributed by atoms with Gasteiger partial charge in [0.25, 0.3) is 5.91 Å². The van der Waals surface area contributed by atoms with Crippen molar-refractivity contribution in [2.24, 2.45) is 0 Å². The maximum Gasteiger partial charge on any atom is 0.294 e. The second-order valence-electron chi connectivity index (χ2n) is 5.80. The van der Waals surface area contributed by atoms with Crippen LogP contribution in [0.25, 0.3) is 0 Å². The summed E-state index contributed by atoms with van der Waals surface area (Å²) in [5, 5.41) is -0.181. The van der Waals surface area contributed by atoms with E-state index in [1.54, 1.807) is 4.90 Å². The lowest BCUT2D eigenvalue weighted by molar-refractivity contribution is 0.0940. The molecule has 0 spiro atoms. The SMILES string of the molecule is CC[C@H]1CCc2ccccc2N1C(=O)c1ccc(S(C)(=O)=O)o1. The van der Waals surface area contributed by atoms with Crippen LogP contribution in [0.2, 0.25) is 0 Å². The van der Waals surface area contributed by atoms with Crippen LogP contribution >= 0.6 is 0 Å². The van der Waals surface area contributed by atoms with Crippen molar-refractivity contribution >= 4 is 21.4 Å². The van der Waals surface area contributed by atoms with Crippen molar-refractivity contribution in [2.75, 3.05) is 11.2 Å². The summed E-state index contributed by atoms with van der Waals surface area (Å²) in [6, 6.07) is 10.7. The van der Waals surface area contributed by atoms with E-state index in [1.165, 1.54) is 12.1 Å². The maximum absolute atomic E-state index is 12.9.